The number of aryl methyl sites for hydroxylation is 1. The molecular weight excluding hydrogens is 986 g/mol. The number of hydrogen-bond donors (Lipinski definition) is 1. The second-order valence-corrected chi connectivity index (χ2v) is 20.3. The van der Waals surface area contributed by atoms with Crippen LogP contribution in [0.1, 0.15) is 88.7 Å². The molecule has 4 nitrogen and oxygen atoms in total. The Morgan fingerprint density at radius 2 is 1.11 bits per heavy atom. The van der Waals surface area contributed by atoms with Crippen LogP contribution < -0.4 is 0 Å². The van der Waals surface area contributed by atoms with Gasteiger partial charge in [-0.05, 0) is 104 Å². The Hall–Kier alpha value is -6.35. The first-order valence-corrected chi connectivity index (χ1v) is 22.5. The fourth-order valence-electron chi connectivity index (χ4n) is 8.62. The molecule has 0 fully saturated rings. The SMILES string of the molecule is [2H]C([2H])([2H])c1cc(-n2c(-c3ccccc3O)nc3c(-c4[c-]c(-c5cc(-c6ccc(C(C)(C)C)cc6)ccn5)cc(C(C)(C)C)c4)cccc32)c(-c2ccc(C(C)(C)C)cc2)cc1-c1ccccc1.[Pt]. The zero-order valence-electron chi connectivity index (χ0n) is 42.2. The quantitative estimate of drug-likeness (QED) is 0.162. The van der Waals surface area contributed by atoms with Gasteiger partial charge in [0.25, 0.3) is 0 Å². The Morgan fingerprint density at radius 1 is 0.515 bits per heavy atom. The fourth-order valence-corrected chi connectivity index (χ4v) is 8.62. The zero-order chi connectivity index (χ0) is 48.3. The maximum Gasteiger partial charge on any atom is 0.148 e. The van der Waals surface area contributed by atoms with Crippen LogP contribution in [0.3, 0.4) is 0 Å². The van der Waals surface area contributed by atoms with E-state index in [0.29, 0.717) is 28.2 Å². The van der Waals surface area contributed by atoms with Gasteiger partial charge in [-0.3, -0.25) is 9.55 Å². The van der Waals surface area contributed by atoms with Crippen LogP contribution in [0.5, 0.6) is 5.75 Å². The van der Waals surface area contributed by atoms with Crippen LogP contribution in [-0.4, -0.2) is 19.6 Å². The van der Waals surface area contributed by atoms with E-state index in [1.54, 1.807) is 18.2 Å². The molecule has 0 aliphatic rings. The van der Waals surface area contributed by atoms with Crippen molar-refractivity contribution in [3.63, 3.8) is 0 Å². The number of pyridine rings is 1. The minimum atomic E-state index is -2.47. The van der Waals surface area contributed by atoms with E-state index in [1.165, 1.54) is 11.1 Å². The van der Waals surface area contributed by atoms with Gasteiger partial charge in [-0.15, -0.1) is 29.3 Å². The number of para-hydroxylation sites is 2. The van der Waals surface area contributed by atoms with Crippen molar-refractivity contribution in [3.8, 4) is 78.6 Å². The summed E-state index contributed by atoms with van der Waals surface area (Å²) in [4.78, 5) is 10.4. The minimum absolute atomic E-state index is 0. The molecule has 66 heavy (non-hydrogen) atoms. The number of rotatable bonds is 7. The first-order valence-electron chi connectivity index (χ1n) is 24.0. The van der Waals surface area contributed by atoms with Gasteiger partial charge in [0.05, 0.1) is 22.3 Å². The number of phenolic OH excluding ortho intramolecular Hbond substituents is 1. The van der Waals surface area contributed by atoms with Gasteiger partial charge in [-0.1, -0.05) is 183 Å². The van der Waals surface area contributed by atoms with Crippen LogP contribution in [0.25, 0.3) is 83.9 Å². The summed E-state index contributed by atoms with van der Waals surface area (Å²) in [5.74, 6) is 0.530. The van der Waals surface area contributed by atoms with Gasteiger partial charge in [0, 0.05) is 42.6 Å². The Labute approximate surface area is 410 Å². The summed E-state index contributed by atoms with van der Waals surface area (Å²) >= 11 is 0. The van der Waals surface area contributed by atoms with Gasteiger partial charge >= 0.3 is 0 Å². The molecule has 0 saturated heterocycles. The number of aromatic hydroxyl groups is 1. The van der Waals surface area contributed by atoms with Gasteiger partial charge in [-0.2, -0.15) is 0 Å². The molecule has 1 N–H and O–H groups in total. The maximum absolute atomic E-state index is 11.6. The molecule has 0 saturated carbocycles. The molecule has 334 valence electrons. The van der Waals surface area contributed by atoms with Crippen LogP contribution in [0.4, 0.5) is 0 Å². The van der Waals surface area contributed by atoms with Crippen LogP contribution in [0, 0.1) is 12.9 Å². The standard InChI is InChI=1S/C61H58N3O.Pt/c1-39-33-55(52(38-51(39)41-17-12-11-13-18-41)42-25-29-47(30-26-42)60(5,6)7)64-54-21-16-20-49(57(54)63-58(64)50-19-14-15-22-56(50)65)44-34-45(36-48(35-44)61(8,9)10)53-37-43(31-32-62-53)40-23-27-46(28-24-40)59(2,3)4;/h11-33,35-38,65H,1-10H3;/q-1;/i1D3;. The molecule has 0 bridgehead atoms. The number of aromatic nitrogens is 3. The van der Waals surface area contributed by atoms with Gasteiger partial charge in [0.2, 0.25) is 0 Å². The van der Waals surface area contributed by atoms with E-state index in [9.17, 15) is 5.11 Å². The van der Waals surface area contributed by atoms with Crippen LogP contribution in [0.2, 0.25) is 0 Å². The third kappa shape index (κ3) is 9.09. The first kappa shape index (κ1) is 42.3. The number of nitrogens with zero attached hydrogens (tertiary/aromatic N) is 3. The van der Waals surface area contributed by atoms with Crippen LogP contribution >= 0.6 is 0 Å². The monoisotopic (exact) mass is 1050 g/mol. The fraction of sp³-hybridized carbons (Fsp3) is 0.213. The van der Waals surface area contributed by atoms with E-state index in [4.69, 9.17) is 14.1 Å². The largest absolute Gasteiger partial charge is 0.507 e. The van der Waals surface area contributed by atoms with Crippen LogP contribution in [0.15, 0.2) is 164 Å². The summed E-state index contributed by atoms with van der Waals surface area (Å²) in [5.41, 5.74) is 14.8. The number of benzene rings is 7. The van der Waals surface area contributed by atoms with E-state index in [2.05, 4.69) is 147 Å². The molecule has 2 heterocycles. The Balaban J connectivity index is 0.00000642. The molecule has 9 aromatic rings. The molecule has 9 rings (SSSR count). The number of imidazole rings is 1. The average molecular weight is 1050 g/mol. The molecule has 0 atom stereocenters. The predicted octanol–water partition coefficient (Wildman–Crippen LogP) is 16.1. The second-order valence-electron chi connectivity index (χ2n) is 20.3. The number of phenols is 1. The minimum Gasteiger partial charge on any atom is -0.507 e. The van der Waals surface area contributed by atoms with Crippen molar-refractivity contribution in [2.45, 2.75) is 85.4 Å². The summed E-state index contributed by atoms with van der Waals surface area (Å²) in [6, 6.07) is 56.5. The molecule has 0 aliphatic carbocycles. The molecular formula is C61H58N3OPt-. The van der Waals surface area contributed by atoms with Crippen molar-refractivity contribution in [2.75, 3.05) is 0 Å². The number of fused-ring (bicyclic) bond motifs is 1. The van der Waals surface area contributed by atoms with Crippen LogP contribution in [-0.2, 0) is 37.3 Å². The van der Waals surface area contributed by atoms with Crippen molar-refractivity contribution in [1.82, 2.24) is 14.5 Å². The molecule has 0 unspecified atom stereocenters. The van der Waals surface area contributed by atoms with Gasteiger partial charge in [-0.25, -0.2) is 4.98 Å². The van der Waals surface area contributed by atoms with E-state index < -0.39 is 6.85 Å². The molecule has 2 aromatic heterocycles. The second kappa shape index (κ2) is 17.8. The molecule has 0 radical (unpaired) electrons. The van der Waals surface area contributed by atoms with Gasteiger partial charge < -0.3 is 5.11 Å². The number of hydrogen-bond acceptors (Lipinski definition) is 3. The Morgan fingerprint density at radius 3 is 1.74 bits per heavy atom. The average Bonchev–Trinajstić information content (AvgIpc) is 3.70. The molecule has 0 spiro atoms. The maximum atomic E-state index is 11.6. The van der Waals surface area contributed by atoms with Gasteiger partial charge in [0.1, 0.15) is 11.6 Å². The van der Waals surface area contributed by atoms with Crippen molar-refractivity contribution in [3.05, 3.63) is 192 Å². The van der Waals surface area contributed by atoms with Crippen molar-refractivity contribution in [1.29, 1.82) is 0 Å². The summed E-state index contributed by atoms with van der Waals surface area (Å²) in [7, 11) is 0. The molecule has 0 aliphatic heterocycles. The van der Waals surface area contributed by atoms with E-state index in [0.717, 1.165) is 61.3 Å². The summed E-state index contributed by atoms with van der Waals surface area (Å²) in [6.45, 7) is 17.4. The van der Waals surface area contributed by atoms with Gasteiger partial charge in [0.15, 0.2) is 0 Å². The van der Waals surface area contributed by atoms with E-state index in [-0.39, 0.29) is 48.6 Å². The zero-order valence-corrected chi connectivity index (χ0v) is 41.5. The summed E-state index contributed by atoms with van der Waals surface area (Å²) in [6.07, 6.45) is 1.87. The van der Waals surface area contributed by atoms with Crippen molar-refractivity contribution >= 4 is 11.0 Å². The third-order valence-corrected chi connectivity index (χ3v) is 12.5. The molecule has 7 aromatic carbocycles. The Bertz CT molecular complexity index is 3320. The summed E-state index contributed by atoms with van der Waals surface area (Å²) in [5, 5.41) is 11.6. The van der Waals surface area contributed by atoms with E-state index >= 15 is 0 Å². The third-order valence-electron chi connectivity index (χ3n) is 12.5. The smallest absolute Gasteiger partial charge is 0.148 e. The topological polar surface area (TPSA) is 50.9 Å². The van der Waals surface area contributed by atoms with E-state index in [1.807, 2.05) is 71.4 Å². The molecule has 5 heteroatoms. The molecule has 0 amide bonds. The van der Waals surface area contributed by atoms with Crippen molar-refractivity contribution in [2.24, 2.45) is 0 Å². The normalized spacial score (nSPS) is 12.9. The predicted molar refractivity (Wildman–Crippen MR) is 273 cm³/mol. The first-order chi connectivity index (χ1) is 32.1. The summed E-state index contributed by atoms with van der Waals surface area (Å²) < 4.78 is 28.8. The van der Waals surface area contributed by atoms with Crippen molar-refractivity contribution < 1.29 is 30.3 Å². The Kier molecular flexibility index (Phi) is 11.4.